The number of hydrogen-bond acceptors (Lipinski definition) is 4. The first-order valence-electron chi connectivity index (χ1n) is 5.81. The van der Waals surface area contributed by atoms with Gasteiger partial charge >= 0.3 is 0 Å². The first-order chi connectivity index (χ1) is 8.70. The third-order valence-electron chi connectivity index (χ3n) is 2.60. The van der Waals surface area contributed by atoms with Crippen molar-refractivity contribution in [3.05, 3.63) is 40.8 Å². The molecule has 1 aromatic carbocycles. The van der Waals surface area contributed by atoms with Gasteiger partial charge in [0.1, 0.15) is 0 Å². The van der Waals surface area contributed by atoms with E-state index in [1.807, 2.05) is 6.92 Å². The molecule has 0 fully saturated rings. The number of nitrogens with zero attached hydrogens (tertiary/aromatic N) is 1. The number of hydrogen-bond donors (Lipinski definition) is 2. The van der Waals surface area contributed by atoms with Gasteiger partial charge in [0.05, 0.1) is 5.69 Å². The largest absolute Gasteiger partial charge is 0.375 e. The minimum Gasteiger partial charge on any atom is -0.375 e. The molecule has 0 spiro atoms. The van der Waals surface area contributed by atoms with E-state index >= 15 is 0 Å². The Labute approximate surface area is 117 Å². The number of benzene rings is 1. The summed E-state index contributed by atoms with van der Waals surface area (Å²) in [6, 6.07) is 8.36. The first kappa shape index (κ1) is 13.2. The summed E-state index contributed by atoms with van der Waals surface area (Å²) in [4.78, 5) is 5.51. The van der Waals surface area contributed by atoms with Gasteiger partial charge in [0.2, 0.25) is 0 Å². The number of nitrogens with two attached hydrogens (primary N) is 1. The fraction of sp³-hybridized carbons (Fsp3) is 0.214. The van der Waals surface area contributed by atoms with Crippen molar-refractivity contribution < 1.29 is 0 Å². The SMILES string of the molecule is Cc1sc(N)nc1-c1ccc(C=CCCS)cc1. The molecule has 0 aliphatic rings. The smallest absolute Gasteiger partial charge is 0.180 e. The van der Waals surface area contributed by atoms with Gasteiger partial charge in [-0.25, -0.2) is 4.98 Å². The average Bonchev–Trinajstić information content (AvgIpc) is 2.70. The molecular formula is C14H16N2S2. The zero-order valence-electron chi connectivity index (χ0n) is 10.3. The summed E-state index contributed by atoms with van der Waals surface area (Å²) < 4.78 is 0. The number of rotatable bonds is 4. The Hall–Kier alpha value is -1.26. The van der Waals surface area contributed by atoms with Crippen molar-refractivity contribution in [2.75, 3.05) is 11.5 Å². The Morgan fingerprint density at radius 3 is 2.61 bits per heavy atom. The predicted molar refractivity (Wildman–Crippen MR) is 84.2 cm³/mol. The van der Waals surface area contributed by atoms with Crippen molar-refractivity contribution in [3.63, 3.8) is 0 Å². The molecule has 0 aliphatic carbocycles. The van der Waals surface area contributed by atoms with Gasteiger partial charge in [0.15, 0.2) is 5.13 Å². The molecule has 2 nitrogen and oxygen atoms in total. The van der Waals surface area contributed by atoms with Crippen LogP contribution >= 0.6 is 24.0 Å². The van der Waals surface area contributed by atoms with Gasteiger partial charge in [0, 0.05) is 10.4 Å². The molecule has 1 heterocycles. The molecule has 2 aromatic rings. The lowest BCUT2D eigenvalue weighted by Crippen LogP contribution is -1.84. The Kier molecular flexibility index (Phi) is 4.44. The fourth-order valence-corrected chi connectivity index (χ4v) is 2.59. The zero-order valence-corrected chi connectivity index (χ0v) is 12.0. The number of allylic oxidation sites excluding steroid dienone is 1. The lowest BCUT2D eigenvalue weighted by molar-refractivity contribution is 1.26. The average molecular weight is 276 g/mol. The molecule has 1 aromatic heterocycles. The topological polar surface area (TPSA) is 38.9 Å². The van der Waals surface area contributed by atoms with E-state index < -0.39 is 0 Å². The van der Waals surface area contributed by atoms with Gasteiger partial charge in [-0.3, -0.25) is 0 Å². The molecular weight excluding hydrogens is 260 g/mol. The lowest BCUT2D eigenvalue weighted by Gasteiger charge is -1.99. The molecule has 0 unspecified atom stereocenters. The van der Waals surface area contributed by atoms with Crippen LogP contribution in [-0.4, -0.2) is 10.7 Å². The molecule has 4 heteroatoms. The molecule has 0 bridgehead atoms. The molecule has 0 aliphatic heterocycles. The normalized spacial score (nSPS) is 11.2. The van der Waals surface area contributed by atoms with Gasteiger partial charge in [-0.05, 0) is 24.7 Å². The molecule has 0 saturated heterocycles. The lowest BCUT2D eigenvalue weighted by atomic mass is 10.1. The van der Waals surface area contributed by atoms with Gasteiger partial charge in [0.25, 0.3) is 0 Å². The van der Waals surface area contributed by atoms with Crippen molar-refractivity contribution in [2.24, 2.45) is 0 Å². The maximum Gasteiger partial charge on any atom is 0.180 e. The van der Waals surface area contributed by atoms with Crippen LogP contribution < -0.4 is 5.73 Å². The van der Waals surface area contributed by atoms with Crippen LogP contribution in [0.15, 0.2) is 30.3 Å². The van der Waals surface area contributed by atoms with Gasteiger partial charge in [-0.2, -0.15) is 12.6 Å². The summed E-state index contributed by atoms with van der Waals surface area (Å²) in [5.41, 5.74) is 9.02. The van der Waals surface area contributed by atoms with Crippen LogP contribution in [-0.2, 0) is 0 Å². The molecule has 94 valence electrons. The minimum absolute atomic E-state index is 0.625. The maximum atomic E-state index is 5.72. The highest BCUT2D eigenvalue weighted by Crippen LogP contribution is 2.28. The van der Waals surface area contributed by atoms with Crippen LogP contribution in [0.1, 0.15) is 16.9 Å². The van der Waals surface area contributed by atoms with Gasteiger partial charge in [-0.15, -0.1) is 11.3 Å². The van der Waals surface area contributed by atoms with Crippen molar-refractivity contribution in [1.82, 2.24) is 4.98 Å². The Morgan fingerprint density at radius 1 is 1.33 bits per heavy atom. The standard InChI is InChI=1S/C14H16N2S2/c1-10-13(16-14(15)18-10)12-7-5-11(6-8-12)4-2-3-9-17/h2,4-8,17H,3,9H2,1H3,(H2,15,16). The monoisotopic (exact) mass is 276 g/mol. The van der Waals surface area contributed by atoms with E-state index in [0.717, 1.165) is 28.3 Å². The summed E-state index contributed by atoms with van der Waals surface area (Å²) in [6.45, 7) is 2.05. The number of nitrogen functional groups attached to an aromatic ring is 1. The predicted octanol–water partition coefficient (Wildman–Crippen LogP) is 4.03. The van der Waals surface area contributed by atoms with Crippen LogP contribution in [0.25, 0.3) is 17.3 Å². The number of aromatic nitrogens is 1. The number of thiol groups is 1. The second kappa shape index (κ2) is 6.07. The number of anilines is 1. The number of aryl methyl sites for hydroxylation is 1. The molecule has 2 rings (SSSR count). The Morgan fingerprint density at radius 2 is 2.06 bits per heavy atom. The van der Waals surface area contributed by atoms with Crippen molar-refractivity contribution in [1.29, 1.82) is 0 Å². The quantitative estimate of drug-likeness (QED) is 0.827. The van der Waals surface area contributed by atoms with Crippen molar-refractivity contribution >= 4 is 35.2 Å². The van der Waals surface area contributed by atoms with Crippen LogP contribution in [0, 0.1) is 6.92 Å². The van der Waals surface area contributed by atoms with E-state index in [2.05, 4.69) is 54.0 Å². The van der Waals surface area contributed by atoms with E-state index in [4.69, 9.17) is 5.73 Å². The second-order valence-electron chi connectivity index (χ2n) is 3.99. The van der Waals surface area contributed by atoms with Crippen LogP contribution in [0.3, 0.4) is 0 Å². The van der Waals surface area contributed by atoms with Crippen LogP contribution in [0.2, 0.25) is 0 Å². The summed E-state index contributed by atoms with van der Waals surface area (Å²) in [7, 11) is 0. The highest BCUT2D eigenvalue weighted by Gasteiger charge is 2.07. The van der Waals surface area contributed by atoms with Gasteiger partial charge in [-0.1, -0.05) is 36.4 Å². The number of thiazole rings is 1. The van der Waals surface area contributed by atoms with E-state index in [9.17, 15) is 0 Å². The third kappa shape index (κ3) is 3.15. The van der Waals surface area contributed by atoms with E-state index in [1.165, 1.54) is 16.9 Å². The Balaban J connectivity index is 2.19. The van der Waals surface area contributed by atoms with E-state index in [0.29, 0.717) is 5.13 Å². The van der Waals surface area contributed by atoms with Gasteiger partial charge < -0.3 is 5.73 Å². The second-order valence-corrected chi connectivity index (χ2v) is 5.68. The van der Waals surface area contributed by atoms with Crippen molar-refractivity contribution in [2.45, 2.75) is 13.3 Å². The summed E-state index contributed by atoms with van der Waals surface area (Å²) in [5.74, 6) is 0.881. The molecule has 0 saturated carbocycles. The zero-order chi connectivity index (χ0) is 13.0. The molecule has 0 atom stereocenters. The summed E-state index contributed by atoms with van der Waals surface area (Å²) >= 11 is 5.70. The highest BCUT2D eigenvalue weighted by atomic mass is 32.1. The van der Waals surface area contributed by atoms with E-state index in [1.54, 1.807) is 0 Å². The molecule has 18 heavy (non-hydrogen) atoms. The molecule has 2 N–H and O–H groups in total. The highest BCUT2D eigenvalue weighted by molar-refractivity contribution is 7.80. The molecule has 0 amide bonds. The van der Waals surface area contributed by atoms with E-state index in [-0.39, 0.29) is 0 Å². The minimum atomic E-state index is 0.625. The molecule has 0 radical (unpaired) electrons. The fourth-order valence-electron chi connectivity index (χ4n) is 1.73. The maximum absolute atomic E-state index is 5.72. The van der Waals surface area contributed by atoms with Crippen LogP contribution in [0.4, 0.5) is 5.13 Å². The van der Waals surface area contributed by atoms with Crippen molar-refractivity contribution in [3.8, 4) is 11.3 Å². The summed E-state index contributed by atoms with van der Waals surface area (Å²) in [5, 5.41) is 0.625. The third-order valence-corrected chi connectivity index (χ3v) is 3.66. The Bertz CT molecular complexity index is 541. The summed E-state index contributed by atoms with van der Waals surface area (Å²) in [6.07, 6.45) is 5.24. The first-order valence-corrected chi connectivity index (χ1v) is 7.26. The van der Waals surface area contributed by atoms with Crippen LogP contribution in [0.5, 0.6) is 0 Å².